The predicted molar refractivity (Wildman–Crippen MR) is 56.2 cm³/mol. The van der Waals surface area contributed by atoms with Gasteiger partial charge in [0.2, 0.25) is 0 Å². The SMILES string of the molecule is O=c1sccn1CCCCCBr. The van der Waals surface area contributed by atoms with E-state index >= 15 is 0 Å². The van der Waals surface area contributed by atoms with Crippen molar-refractivity contribution in [1.82, 2.24) is 4.57 Å². The van der Waals surface area contributed by atoms with Crippen LogP contribution in [0.2, 0.25) is 0 Å². The lowest BCUT2D eigenvalue weighted by Crippen LogP contribution is -2.11. The zero-order valence-electron chi connectivity index (χ0n) is 6.83. The monoisotopic (exact) mass is 249 g/mol. The first-order valence-electron chi connectivity index (χ1n) is 4.04. The third kappa shape index (κ3) is 3.11. The number of aryl methyl sites for hydroxylation is 1. The van der Waals surface area contributed by atoms with Crippen LogP contribution < -0.4 is 4.87 Å². The maximum atomic E-state index is 11.1. The first-order chi connectivity index (χ1) is 5.84. The summed E-state index contributed by atoms with van der Waals surface area (Å²) in [6.07, 6.45) is 5.34. The van der Waals surface area contributed by atoms with E-state index in [9.17, 15) is 4.79 Å². The molecule has 1 rings (SSSR count). The van der Waals surface area contributed by atoms with E-state index in [-0.39, 0.29) is 4.87 Å². The molecular weight excluding hydrogens is 238 g/mol. The molecule has 1 heterocycles. The van der Waals surface area contributed by atoms with E-state index in [1.54, 1.807) is 4.57 Å². The summed E-state index contributed by atoms with van der Waals surface area (Å²) >= 11 is 4.64. The molecule has 68 valence electrons. The molecule has 0 aliphatic heterocycles. The van der Waals surface area contributed by atoms with Gasteiger partial charge in [0.25, 0.3) is 0 Å². The quantitative estimate of drug-likeness (QED) is 0.581. The van der Waals surface area contributed by atoms with Crippen LogP contribution in [0.4, 0.5) is 0 Å². The fourth-order valence-corrected chi connectivity index (χ4v) is 2.02. The summed E-state index contributed by atoms with van der Waals surface area (Å²) in [5, 5.41) is 2.90. The van der Waals surface area contributed by atoms with Crippen molar-refractivity contribution in [3.63, 3.8) is 0 Å². The van der Waals surface area contributed by atoms with Gasteiger partial charge in [0.15, 0.2) is 0 Å². The Balaban J connectivity index is 2.24. The Morgan fingerprint density at radius 2 is 2.25 bits per heavy atom. The molecule has 0 N–H and O–H groups in total. The highest BCUT2D eigenvalue weighted by Crippen LogP contribution is 2.00. The molecule has 0 fully saturated rings. The van der Waals surface area contributed by atoms with Gasteiger partial charge in [-0.05, 0) is 12.8 Å². The smallest absolute Gasteiger partial charge is 0.306 e. The van der Waals surface area contributed by atoms with Crippen LogP contribution in [-0.2, 0) is 6.54 Å². The first kappa shape index (κ1) is 9.99. The molecular formula is C8H12BrNOS. The van der Waals surface area contributed by atoms with E-state index in [0.29, 0.717) is 0 Å². The lowest BCUT2D eigenvalue weighted by atomic mass is 10.2. The van der Waals surface area contributed by atoms with Crippen LogP contribution in [0.25, 0.3) is 0 Å². The number of hydrogen-bond acceptors (Lipinski definition) is 2. The van der Waals surface area contributed by atoms with Gasteiger partial charge in [0.1, 0.15) is 0 Å². The number of nitrogens with zero attached hydrogens (tertiary/aromatic N) is 1. The number of thiazole rings is 1. The van der Waals surface area contributed by atoms with Gasteiger partial charge in [-0.2, -0.15) is 0 Å². The first-order valence-corrected chi connectivity index (χ1v) is 6.04. The van der Waals surface area contributed by atoms with Gasteiger partial charge >= 0.3 is 4.87 Å². The molecule has 0 radical (unpaired) electrons. The third-order valence-corrected chi connectivity index (χ3v) is 2.93. The van der Waals surface area contributed by atoms with E-state index in [1.807, 2.05) is 11.6 Å². The minimum absolute atomic E-state index is 0.161. The molecule has 0 unspecified atom stereocenters. The van der Waals surface area contributed by atoms with Gasteiger partial charge in [-0.1, -0.05) is 33.7 Å². The van der Waals surface area contributed by atoms with Gasteiger partial charge in [0.05, 0.1) is 0 Å². The van der Waals surface area contributed by atoms with Crippen molar-refractivity contribution in [3.8, 4) is 0 Å². The Hall–Kier alpha value is -0.0900. The highest BCUT2D eigenvalue weighted by atomic mass is 79.9. The number of halogens is 1. The van der Waals surface area contributed by atoms with E-state index in [1.165, 1.54) is 24.2 Å². The topological polar surface area (TPSA) is 22.0 Å². The van der Waals surface area contributed by atoms with E-state index < -0.39 is 0 Å². The molecule has 1 aromatic heterocycles. The van der Waals surface area contributed by atoms with Crippen molar-refractivity contribution < 1.29 is 0 Å². The average Bonchev–Trinajstić information content (AvgIpc) is 2.46. The number of alkyl halides is 1. The van der Waals surface area contributed by atoms with Crippen molar-refractivity contribution in [2.75, 3.05) is 5.33 Å². The van der Waals surface area contributed by atoms with Crippen molar-refractivity contribution in [1.29, 1.82) is 0 Å². The fraction of sp³-hybridized carbons (Fsp3) is 0.625. The van der Waals surface area contributed by atoms with Gasteiger partial charge in [-0.3, -0.25) is 4.79 Å². The Bertz CT molecular complexity index is 268. The van der Waals surface area contributed by atoms with Crippen LogP contribution in [0, 0.1) is 0 Å². The summed E-state index contributed by atoms with van der Waals surface area (Å²) in [7, 11) is 0. The second-order valence-electron chi connectivity index (χ2n) is 2.61. The summed E-state index contributed by atoms with van der Waals surface area (Å²) in [6.45, 7) is 0.870. The Kier molecular flexibility index (Phi) is 4.61. The maximum absolute atomic E-state index is 11.1. The summed E-state index contributed by atoms with van der Waals surface area (Å²) < 4.78 is 1.78. The zero-order chi connectivity index (χ0) is 8.81. The molecule has 0 aromatic carbocycles. The second kappa shape index (κ2) is 5.54. The molecule has 12 heavy (non-hydrogen) atoms. The van der Waals surface area contributed by atoms with Gasteiger partial charge in [-0.15, -0.1) is 0 Å². The van der Waals surface area contributed by atoms with E-state index in [2.05, 4.69) is 15.9 Å². The third-order valence-electron chi connectivity index (χ3n) is 1.68. The van der Waals surface area contributed by atoms with Crippen molar-refractivity contribution in [3.05, 3.63) is 21.2 Å². The van der Waals surface area contributed by atoms with Crippen molar-refractivity contribution in [2.45, 2.75) is 25.8 Å². The van der Waals surface area contributed by atoms with E-state index in [4.69, 9.17) is 0 Å². The van der Waals surface area contributed by atoms with Crippen LogP contribution in [0.1, 0.15) is 19.3 Å². The number of rotatable bonds is 5. The standard InChI is InChI=1S/C8H12BrNOS/c9-4-2-1-3-5-10-6-7-12-8(10)11/h6-7H,1-5H2. The van der Waals surface area contributed by atoms with Crippen LogP contribution in [0.3, 0.4) is 0 Å². The lowest BCUT2D eigenvalue weighted by molar-refractivity contribution is 0.599. The van der Waals surface area contributed by atoms with Crippen molar-refractivity contribution >= 4 is 27.3 Å². The molecule has 4 heteroatoms. The highest BCUT2D eigenvalue weighted by Gasteiger charge is 1.94. The molecule has 0 aliphatic rings. The second-order valence-corrected chi connectivity index (χ2v) is 4.26. The normalized spacial score (nSPS) is 10.4. The van der Waals surface area contributed by atoms with Crippen LogP contribution in [0.15, 0.2) is 16.4 Å². The maximum Gasteiger partial charge on any atom is 0.307 e. The van der Waals surface area contributed by atoms with E-state index in [0.717, 1.165) is 18.3 Å². The summed E-state index contributed by atoms with van der Waals surface area (Å²) in [4.78, 5) is 11.2. The molecule has 2 nitrogen and oxygen atoms in total. The molecule has 0 spiro atoms. The Morgan fingerprint density at radius 3 is 2.83 bits per heavy atom. The van der Waals surface area contributed by atoms with Crippen LogP contribution in [-0.4, -0.2) is 9.90 Å². The summed E-state index contributed by atoms with van der Waals surface area (Å²) in [5.74, 6) is 0. The minimum Gasteiger partial charge on any atom is -0.306 e. The average molecular weight is 250 g/mol. The number of aromatic nitrogens is 1. The molecule has 0 atom stereocenters. The Morgan fingerprint density at radius 1 is 1.42 bits per heavy atom. The molecule has 1 aromatic rings. The summed E-state index contributed by atoms with van der Waals surface area (Å²) in [6, 6.07) is 0. The molecule has 0 saturated carbocycles. The number of unbranched alkanes of at least 4 members (excludes halogenated alkanes) is 2. The van der Waals surface area contributed by atoms with Crippen molar-refractivity contribution in [2.24, 2.45) is 0 Å². The fourth-order valence-electron chi connectivity index (χ4n) is 1.01. The number of hydrogen-bond donors (Lipinski definition) is 0. The molecule has 0 amide bonds. The van der Waals surface area contributed by atoms with Gasteiger partial charge in [-0.25, -0.2) is 0 Å². The zero-order valence-corrected chi connectivity index (χ0v) is 9.23. The minimum atomic E-state index is 0.161. The lowest BCUT2D eigenvalue weighted by Gasteiger charge is -1.99. The molecule has 0 saturated heterocycles. The molecule has 0 bridgehead atoms. The summed E-state index contributed by atoms with van der Waals surface area (Å²) in [5.41, 5.74) is 0. The highest BCUT2D eigenvalue weighted by molar-refractivity contribution is 9.09. The van der Waals surface area contributed by atoms with Gasteiger partial charge < -0.3 is 4.57 Å². The molecule has 0 aliphatic carbocycles. The Labute approximate surface area is 84.4 Å². The van der Waals surface area contributed by atoms with Gasteiger partial charge in [0, 0.05) is 23.5 Å². The van der Waals surface area contributed by atoms with Crippen LogP contribution in [0.5, 0.6) is 0 Å². The largest absolute Gasteiger partial charge is 0.307 e. The van der Waals surface area contributed by atoms with Crippen LogP contribution >= 0.6 is 27.3 Å². The predicted octanol–water partition coefficient (Wildman–Crippen LogP) is 2.48.